The van der Waals surface area contributed by atoms with E-state index in [1.165, 1.54) is 23.6 Å². The molecule has 0 aromatic heterocycles. The molecule has 3 rings (SSSR count). The Morgan fingerprint density at radius 1 is 1.14 bits per heavy atom. The highest BCUT2D eigenvalue weighted by Crippen LogP contribution is 2.30. The van der Waals surface area contributed by atoms with Crippen LogP contribution in [-0.4, -0.2) is 6.54 Å². The van der Waals surface area contributed by atoms with Crippen molar-refractivity contribution in [3.8, 4) is 0 Å². The first kappa shape index (κ1) is 14.6. The number of fused-ring (bicyclic) bond motifs is 1. The maximum atomic E-state index is 14.3. The molecule has 1 N–H and O–H groups in total. The van der Waals surface area contributed by atoms with Gasteiger partial charge in [0.25, 0.3) is 0 Å². The molecule has 1 unspecified atom stereocenters. The third-order valence-corrected chi connectivity index (χ3v) is 4.37. The molecule has 2 aromatic carbocycles. The molecule has 0 bridgehead atoms. The molecule has 1 aliphatic carbocycles. The van der Waals surface area contributed by atoms with E-state index in [9.17, 15) is 4.39 Å². The Morgan fingerprint density at radius 2 is 1.95 bits per heavy atom. The van der Waals surface area contributed by atoms with Gasteiger partial charge in [0.2, 0.25) is 0 Å². The van der Waals surface area contributed by atoms with Crippen LogP contribution in [0, 0.1) is 5.82 Å². The number of nitrogens with one attached hydrogen (secondary N) is 1. The van der Waals surface area contributed by atoms with Gasteiger partial charge in [0.1, 0.15) is 5.82 Å². The van der Waals surface area contributed by atoms with E-state index < -0.39 is 0 Å². The second-order valence-electron chi connectivity index (χ2n) is 5.54. The summed E-state index contributed by atoms with van der Waals surface area (Å²) in [6, 6.07) is 11.3. The molecule has 0 fully saturated rings. The van der Waals surface area contributed by atoms with Crippen molar-refractivity contribution in [1.82, 2.24) is 5.32 Å². The monoisotopic (exact) mass is 303 g/mol. The molecule has 0 amide bonds. The highest BCUT2D eigenvalue weighted by molar-refractivity contribution is 6.30. The van der Waals surface area contributed by atoms with Gasteiger partial charge in [-0.2, -0.15) is 0 Å². The van der Waals surface area contributed by atoms with Gasteiger partial charge < -0.3 is 5.32 Å². The topological polar surface area (TPSA) is 12.0 Å². The van der Waals surface area contributed by atoms with Crippen LogP contribution in [0.4, 0.5) is 4.39 Å². The summed E-state index contributed by atoms with van der Waals surface area (Å²) in [5.41, 5.74) is 4.62. The van der Waals surface area contributed by atoms with E-state index in [-0.39, 0.29) is 11.9 Å². The Balaban J connectivity index is 2.01. The molecular formula is C18H19ClFN. The van der Waals surface area contributed by atoms with E-state index in [1.54, 1.807) is 12.1 Å². The summed E-state index contributed by atoms with van der Waals surface area (Å²) in [5.74, 6) is -0.256. The zero-order chi connectivity index (χ0) is 14.8. The molecule has 2 aromatic rings. The Bertz CT molecular complexity index is 654. The largest absolute Gasteiger partial charge is 0.306 e. The second kappa shape index (κ2) is 6.17. The molecule has 110 valence electrons. The third kappa shape index (κ3) is 2.97. The van der Waals surface area contributed by atoms with Crippen molar-refractivity contribution >= 4 is 11.6 Å². The van der Waals surface area contributed by atoms with Crippen molar-refractivity contribution in [3.63, 3.8) is 0 Å². The molecule has 1 atom stereocenters. The predicted octanol–water partition coefficient (Wildman–Crippen LogP) is 4.67. The van der Waals surface area contributed by atoms with Crippen LogP contribution in [0.3, 0.4) is 0 Å². The predicted molar refractivity (Wildman–Crippen MR) is 85.4 cm³/mol. The van der Waals surface area contributed by atoms with E-state index in [1.807, 2.05) is 6.92 Å². The van der Waals surface area contributed by atoms with Gasteiger partial charge in [-0.05, 0) is 54.6 Å². The highest BCUT2D eigenvalue weighted by atomic mass is 35.5. The Labute approximate surface area is 130 Å². The number of hydrogen-bond acceptors (Lipinski definition) is 1. The molecule has 0 aliphatic heterocycles. The van der Waals surface area contributed by atoms with E-state index in [0.29, 0.717) is 10.6 Å². The average Bonchev–Trinajstić information content (AvgIpc) is 2.93. The van der Waals surface area contributed by atoms with Gasteiger partial charge in [0.15, 0.2) is 0 Å². The molecular weight excluding hydrogens is 285 g/mol. The van der Waals surface area contributed by atoms with Crippen molar-refractivity contribution in [2.45, 2.75) is 32.2 Å². The summed E-state index contributed by atoms with van der Waals surface area (Å²) in [4.78, 5) is 0. The summed E-state index contributed by atoms with van der Waals surface area (Å²) in [7, 11) is 0. The molecule has 1 nitrogen and oxygen atoms in total. The van der Waals surface area contributed by atoms with E-state index in [4.69, 9.17) is 11.6 Å². The fourth-order valence-electron chi connectivity index (χ4n) is 3.12. The molecule has 0 heterocycles. The van der Waals surface area contributed by atoms with Gasteiger partial charge in [0, 0.05) is 10.6 Å². The SMILES string of the molecule is CCNC(c1ccc2c(c1)CCC2)c1ccc(Cl)cc1F. The number of benzene rings is 2. The van der Waals surface area contributed by atoms with E-state index in [2.05, 4.69) is 23.5 Å². The van der Waals surface area contributed by atoms with Gasteiger partial charge in [-0.1, -0.05) is 42.8 Å². The summed E-state index contributed by atoms with van der Waals surface area (Å²) in [6.07, 6.45) is 3.52. The van der Waals surface area contributed by atoms with Crippen LogP contribution < -0.4 is 5.32 Å². The van der Waals surface area contributed by atoms with Crippen molar-refractivity contribution in [2.75, 3.05) is 6.54 Å². The van der Waals surface area contributed by atoms with Gasteiger partial charge in [0.05, 0.1) is 6.04 Å². The van der Waals surface area contributed by atoms with Gasteiger partial charge in [-0.25, -0.2) is 4.39 Å². The van der Waals surface area contributed by atoms with E-state index in [0.717, 1.165) is 24.9 Å². The number of hydrogen-bond donors (Lipinski definition) is 1. The van der Waals surface area contributed by atoms with Crippen LogP contribution in [0.15, 0.2) is 36.4 Å². The zero-order valence-electron chi connectivity index (χ0n) is 12.1. The van der Waals surface area contributed by atoms with Crippen LogP contribution in [0.2, 0.25) is 5.02 Å². The third-order valence-electron chi connectivity index (χ3n) is 4.14. The molecule has 21 heavy (non-hydrogen) atoms. The zero-order valence-corrected chi connectivity index (χ0v) is 12.9. The molecule has 0 radical (unpaired) electrons. The van der Waals surface area contributed by atoms with Crippen molar-refractivity contribution in [1.29, 1.82) is 0 Å². The maximum Gasteiger partial charge on any atom is 0.129 e. The highest BCUT2D eigenvalue weighted by Gasteiger charge is 2.19. The molecule has 0 spiro atoms. The van der Waals surface area contributed by atoms with Gasteiger partial charge in [-0.3, -0.25) is 0 Å². The van der Waals surface area contributed by atoms with E-state index >= 15 is 0 Å². The summed E-state index contributed by atoms with van der Waals surface area (Å²) in [5, 5.41) is 3.81. The number of halogens is 2. The minimum absolute atomic E-state index is 0.127. The first-order valence-corrected chi connectivity index (χ1v) is 7.87. The maximum absolute atomic E-state index is 14.3. The molecule has 1 aliphatic rings. The fraction of sp³-hybridized carbons (Fsp3) is 0.333. The fourth-order valence-corrected chi connectivity index (χ4v) is 3.28. The minimum atomic E-state index is -0.256. The normalized spacial score (nSPS) is 15.0. The molecule has 0 saturated heterocycles. The lowest BCUT2D eigenvalue weighted by Gasteiger charge is -2.20. The quantitative estimate of drug-likeness (QED) is 0.865. The molecule has 0 saturated carbocycles. The van der Waals surface area contributed by atoms with Crippen LogP contribution in [0.1, 0.15) is 41.6 Å². The second-order valence-corrected chi connectivity index (χ2v) is 5.97. The van der Waals surface area contributed by atoms with Crippen molar-refractivity contribution in [2.24, 2.45) is 0 Å². The summed E-state index contributed by atoms with van der Waals surface area (Å²) in [6.45, 7) is 2.82. The van der Waals surface area contributed by atoms with Gasteiger partial charge >= 0.3 is 0 Å². The smallest absolute Gasteiger partial charge is 0.129 e. The number of rotatable bonds is 4. The Hall–Kier alpha value is -1.38. The Kier molecular flexibility index (Phi) is 4.27. The Morgan fingerprint density at radius 3 is 2.71 bits per heavy atom. The van der Waals surface area contributed by atoms with Crippen LogP contribution in [0.25, 0.3) is 0 Å². The number of aryl methyl sites for hydroxylation is 2. The summed E-state index contributed by atoms with van der Waals surface area (Å²) >= 11 is 5.86. The minimum Gasteiger partial charge on any atom is -0.306 e. The molecule has 3 heteroatoms. The summed E-state index contributed by atoms with van der Waals surface area (Å²) < 4.78 is 14.3. The van der Waals surface area contributed by atoms with Crippen LogP contribution in [-0.2, 0) is 12.8 Å². The van der Waals surface area contributed by atoms with Crippen LogP contribution in [0.5, 0.6) is 0 Å². The first-order valence-electron chi connectivity index (χ1n) is 7.49. The lowest BCUT2D eigenvalue weighted by molar-refractivity contribution is 0.559. The standard InChI is InChI=1S/C18H19ClFN/c1-2-21-18(16-9-8-15(19)11-17(16)20)14-7-6-12-4-3-5-13(12)10-14/h6-11,18,21H,2-5H2,1H3. The van der Waals surface area contributed by atoms with Crippen molar-refractivity contribution in [3.05, 3.63) is 69.5 Å². The van der Waals surface area contributed by atoms with Gasteiger partial charge in [-0.15, -0.1) is 0 Å². The lowest BCUT2D eigenvalue weighted by Crippen LogP contribution is -2.23. The van der Waals surface area contributed by atoms with Crippen LogP contribution >= 0.6 is 11.6 Å². The first-order chi connectivity index (χ1) is 10.2. The average molecular weight is 304 g/mol. The van der Waals surface area contributed by atoms with Crippen molar-refractivity contribution < 1.29 is 4.39 Å². The lowest BCUT2D eigenvalue weighted by atomic mass is 9.95.